The van der Waals surface area contributed by atoms with Crippen molar-refractivity contribution in [3.05, 3.63) is 23.2 Å². The minimum absolute atomic E-state index is 0.00629. The lowest BCUT2D eigenvalue weighted by Gasteiger charge is -2.29. The Balaban J connectivity index is 2.19. The molecule has 7 heteroatoms. The van der Waals surface area contributed by atoms with E-state index < -0.39 is 0 Å². The van der Waals surface area contributed by atoms with Crippen LogP contribution in [-0.4, -0.2) is 25.0 Å². The molecule has 1 aromatic rings. The van der Waals surface area contributed by atoms with Crippen molar-refractivity contribution in [3.63, 3.8) is 0 Å². The van der Waals surface area contributed by atoms with Crippen LogP contribution >= 0.6 is 11.6 Å². The number of anilines is 1. The van der Waals surface area contributed by atoms with Gasteiger partial charge in [-0.15, -0.1) is 0 Å². The third kappa shape index (κ3) is 3.77. The fourth-order valence-corrected chi connectivity index (χ4v) is 2.54. The van der Waals surface area contributed by atoms with Crippen LogP contribution < -0.4 is 22.1 Å². The van der Waals surface area contributed by atoms with Crippen LogP contribution in [0.3, 0.4) is 0 Å². The summed E-state index contributed by atoms with van der Waals surface area (Å²) >= 11 is 6.31. The minimum atomic E-state index is -0.123. The quantitative estimate of drug-likeness (QED) is 0.568. The van der Waals surface area contributed by atoms with Gasteiger partial charge in [0.1, 0.15) is 0 Å². The Hall–Kier alpha value is -1.95. The summed E-state index contributed by atoms with van der Waals surface area (Å²) < 4.78 is 0. The Kier molecular flexibility index (Phi) is 4.68. The Bertz CT molecular complexity index is 530. The average Bonchev–Trinajstić information content (AvgIpc) is 2.38. The summed E-state index contributed by atoms with van der Waals surface area (Å²) in [5.41, 5.74) is 17.7. The predicted molar refractivity (Wildman–Crippen MR) is 84.6 cm³/mol. The molecule has 1 aliphatic heterocycles. The SMILES string of the molecule is NC(N)=NC(N)=Nc1ccc(N2CCCCC2)c(Cl)c1. The zero-order valence-corrected chi connectivity index (χ0v) is 12.0. The topological polar surface area (TPSA) is 106 Å². The molecule has 108 valence electrons. The van der Waals surface area contributed by atoms with Crippen LogP contribution in [0.25, 0.3) is 0 Å². The van der Waals surface area contributed by atoms with Gasteiger partial charge in [-0.1, -0.05) is 11.6 Å². The summed E-state index contributed by atoms with van der Waals surface area (Å²) in [6, 6.07) is 5.57. The van der Waals surface area contributed by atoms with E-state index in [-0.39, 0.29) is 11.9 Å². The molecular weight excluding hydrogens is 276 g/mol. The molecule has 6 nitrogen and oxygen atoms in total. The smallest absolute Gasteiger partial charge is 0.223 e. The molecule has 0 aliphatic carbocycles. The van der Waals surface area contributed by atoms with Gasteiger partial charge in [0, 0.05) is 13.1 Å². The molecule has 0 spiro atoms. The molecule has 0 radical (unpaired) electrons. The van der Waals surface area contributed by atoms with E-state index in [4.69, 9.17) is 28.8 Å². The zero-order chi connectivity index (χ0) is 14.5. The summed E-state index contributed by atoms with van der Waals surface area (Å²) in [6.45, 7) is 2.08. The van der Waals surface area contributed by atoms with E-state index >= 15 is 0 Å². The van der Waals surface area contributed by atoms with E-state index in [0.29, 0.717) is 10.7 Å². The van der Waals surface area contributed by atoms with Crippen molar-refractivity contribution >= 4 is 34.9 Å². The second kappa shape index (κ2) is 6.47. The van der Waals surface area contributed by atoms with Crippen LogP contribution in [0.4, 0.5) is 11.4 Å². The van der Waals surface area contributed by atoms with Crippen LogP contribution in [0.5, 0.6) is 0 Å². The molecule has 1 saturated heterocycles. The summed E-state index contributed by atoms with van der Waals surface area (Å²) in [5.74, 6) is -0.117. The minimum Gasteiger partial charge on any atom is -0.370 e. The van der Waals surface area contributed by atoms with Crippen LogP contribution in [0.2, 0.25) is 5.02 Å². The highest BCUT2D eigenvalue weighted by Gasteiger charge is 2.13. The van der Waals surface area contributed by atoms with Gasteiger partial charge in [0.2, 0.25) is 5.96 Å². The van der Waals surface area contributed by atoms with Crippen molar-refractivity contribution in [2.24, 2.45) is 27.2 Å². The Labute approximate surface area is 123 Å². The molecule has 20 heavy (non-hydrogen) atoms. The van der Waals surface area contributed by atoms with Crippen molar-refractivity contribution in [2.75, 3.05) is 18.0 Å². The van der Waals surface area contributed by atoms with Gasteiger partial charge >= 0.3 is 0 Å². The highest BCUT2D eigenvalue weighted by Crippen LogP contribution is 2.31. The van der Waals surface area contributed by atoms with Crippen LogP contribution in [0.15, 0.2) is 28.2 Å². The van der Waals surface area contributed by atoms with Gasteiger partial charge in [0.25, 0.3) is 0 Å². The molecule has 0 amide bonds. The third-order valence-electron chi connectivity index (χ3n) is 3.12. The maximum Gasteiger partial charge on any atom is 0.223 e. The summed E-state index contributed by atoms with van der Waals surface area (Å²) in [5, 5.41) is 0.658. The molecule has 1 fully saturated rings. The maximum atomic E-state index is 6.31. The highest BCUT2D eigenvalue weighted by atomic mass is 35.5. The number of guanidine groups is 2. The van der Waals surface area contributed by atoms with Gasteiger partial charge in [-0.25, -0.2) is 4.99 Å². The maximum absolute atomic E-state index is 6.31. The van der Waals surface area contributed by atoms with Crippen molar-refractivity contribution in [3.8, 4) is 0 Å². The normalized spacial score (nSPS) is 16.1. The number of hydrogen-bond donors (Lipinski definition) is 3. The number of aliphatic imine (C=N–C) groups is 2. The molecule has 0 unspecified atom stereocenters. The summed E-state index contributed by atoms with van der Waals surface area (Å²) in [4.78, 5) is 10.0. The number of rotatable bonds is 2. The summed E-state index contributed by atoms with van der Waals surface area (Å²) in [6.07, 6.45) is 3.69. The Morgan fingerprint density at radius 2 is 1.80 bits per heavy atom. The molecule has 1 aromatic carbocycles. The first kappa shape index (κ1) is 14.5. The van der Waals surface area contributed by atoms with E-state index in [1.165, 1.54) is 19.3 Å². The lowest BCUT2D eigenvalue weighted by Crippen LogP contribution is -2.29. The van der Waals surface area contributed by atoms with E-state index in [1.54, 1.807) is 6.07 Å². The fourth-order valence-electron chi connectivity index (χ4n) is 2.25. The molecule has 0 aromatic heterocycles. The number of benzene rings is 1. The Morgan fingerprint density at radius 3 is 2.40 bits per heavy atom. The van der Waals surface area contributed by atoms with E-state index in [9.17, 15) is 0 Å². The zero-order valence-electron chi connectivity index (χ0n) is 11.2. The van der Waals surface area contributed by atoms with Crippen LogP contribution in [-0.2, 0) is 0 Å². The van der Waals surface area contributed by atoms with Crippen LogP contribution in [0, 0.1) is 0 Å². The van der Waals surface area contributed by atoms with Gasteiger partial charge in [0.15, 0.2) is 5.96 Å². The molecule has 1 heterocycles. The predicted octanol–water partition coefficient (Wildman–Crippen LogP) is 1.55. The first-order valence-corrected chi connectivity index (χ1v) is 6.92. The molecule has 6 N–H and O–H groups in total. The number of nitrogens with zero attached hydrogens (tertiary/aromatic N) is 3. The number of hydrogen-bond acceptors (Lipinski definition) is 2. The largest absolute Gasteiger partial charge is 0.370 e. The fraction of sp³-hybridized carbons (Fsp3) is 0.385. The lowest BCUT2D eigenvalue weighted by molar-refractivity contribution is 0.578. The summed E-state index contributed by atoms with van der Waals surface area (Å²) in [7, 11) is 0. The van der Waals surface area contributed by atoms with E-state index in [1.807, 2.05) is 12.1 Å². The molecule has 1 aliphatic rings. The number of piperidine rings is 1. The molecular formula is C13H19ClN6. The first-order valence-electron chi connectivity index (χ1n) is 6.54. The van der Waals surface area contributed by atoms with Crippen molar-refractivity contribution in [1.82, 2.24) is 0 Å². The van der Waals surface area contributed by atoms with E-state index in [0.717, 1.165) is 18.8 Å². The van der Waals surface area contributed by atoms with Crippen molar-refractivity contribution in [2.45, 2.75) is 19.3 Å². The molecule has 0 bridgehead atoms. The second-order valence-corrected chi connectivity index (χ2v) is 5.10. The van der Waals surface area contributed by atoms with Gasteiger partial charge in [-0.05, 0) is 37.5 Å². The number of nitrogens with two attached hydrogens (primary N) is 3. The standard InChI is InChI=1S/C13H19ClN6/c14-10-8-9(18-13(17)19-12(15)16)4-5-11(10)20-6-2-1-3-7-20/h4-5,8H,1-3,6-7H2,(H6,15,16,17,18,19). The lowest BCUT2D eigenvalue weighted by atomic mass is 10.1. The second-order valence-electron chi connectivity index (χ2n) is 4.69. The van der Waals surface area contributed by atoms with Gasteiger partial charge in [0.05, 0.1) is 16.4 Å². The first-order chi connectivity index (χ1) is 9.56. The van der Waals surface area contributed by atoms with Gasteiger partial charge in [-0.2, -0.15) is 4.99 Å². The van der Waals surface area contributed by atoms with Gasteiger partial charge in [-0.3, -0.25) is 0 Å². The van der Waals surface area contributed by atoms with E-state index in [2.05, 4.69) is 14.9 Å². The van der Waals surface area contributed by atoms with Crippen molar-refractivity contribution < 1.29 is 0 Å². The third-order valence-corrected chi connectivity index (χ3v) is 3.42. The number of halogens is 1. The highest BCUT2D eigenvalue weighted by molar-refractivity contribution is 6.33. The average molecular weight is 295 g/mol. The van der Waals surface area contributed by atoms with Crippen LogP contribution in [0.1, 0.15) is 19.3 Å². The van der Waals surface area contributed by atoms with Gasteiger partial charge < -0.3 is 22.1 Å². The molecule has 0 saturated carbocycles. The monoisotopic (exact) mass is 294 g/mol. The Morgan fingerprint density at radius 1 is 1.10 bits per heavy atom. The van der Waals surface area contributed by atoms with Crippen molar-refractivity contribution in [1.29, 1.82) is 0 Å². The molecule has 2 rings (SSSR count). The molecule has 0 atom stereocenters.